The number of hydrogen-bond acceptors (Lipinski definition) is 1. The summed E-state index contributed by atoms with van der Waals surface area (Å²) in [6.45, 7) is 3.25. The third-order valence-corrected chi connectivity index (χ3v) is 13.0. The van der Waals surface area contributed by atoms with Crippen molar-refractivity contribution in [2.45, 2.75) is 5.88 Å². The molecule has 1 nitrogen and oxygen atoms in total. The smallest absolute Gasteiger partial charge is 0.102 e. The van der Waals surface area contributed by atoms with Crippen molar-refractivity contribution in [2.75, 3.05) is 0 Å². The van der Waals surface area contributed by atoms with Crippen LogP contribution in [0.4, 0.5) is 0 Å². The maximum Gasteiger partial charge on any atom is 0.102 e. The summed E-state index contributed by atoms with van der Waals surface area (Å²) in [4.78, 5) is 7.75. The molecule has 0 fully saturated rings. The van der Waals surface area contributed by atoms with Crippen LogP contribution in [0.25, 0.3) is 0 Å². The Morgan fingerprint density at radius 1 is 0.388 bits per heavy atom. The molecule has 0 aliphatic carbocycles. The van der Waals surface area contributed by atoms with Gasteiger partial charge in [0, 0.05) is 26.0 Å². The third kappa shape index (κ3) is 12.8. The molecule has 7 aromatic carbocycles. The van der Waals surface area contributed by atoms with Gasteiger partial charge in [0.1, 0.15) is 31.8 Å². The van der Waals surface area contributed by atoms with Crippen LogP contribution in [-0.4, -0.2) is 6.79 Å². The first-order valence-electron chi connectivity index (χ1n) is 15.6. The van der Waals surface area contributed by atoms with E-state index in [0.717, 1.165) is 5.56 Å². The summed E-state index contributed by atoms with van der Waals surface area (Å²) in [5.41, 5.74) is 1.05. The third-order valence-electron chi connectivity index (χ3n) is 7.29. The summed E-state index contributed by atoms with van der Waals surface area (Å²) in [5.74, 6) is 0.556. The van der Waals surface area contributed by atoms with Crippen molar-refractivity contribution in [1.82, 2.24) is 0 Å². The summed E-state index contributed by atoms with van der Waals surface area (Å²) < 4.78 is 0. The van der Waals surface area contributed by atoms with E-state index in [1.807, 2.05) is 24.3 Å². The number of benzene rings is 7. The second kappa shape index (κ2) is 23.4. The second-order valence-electron chi connectivity index (χ2n) is 10.5. The maximum atomic E-state index is 7.75. The van der Waals surface area contributed by atoms with Gasteiger partial charge in [0.25, 0.3) is 0 Å². The van der Waals surface area contributed by atoms with Crippen LogP contribution in [0.3, 0.4) is 0 Å². The van der Waals surface area contributed by atoms with Crippen LogP contribution in [0.5, 0.6) is 0 Å². The Morgan fingerprint density at radius 2 is 0.612 bits per heavy atom. The van der Waals surface area contributed by atoms with E-state index in [1.54, 1.807) is 0 Å². The van der Waals surface area contributed by atoms with Gasteiger partial charge in [-0.25, -0.2) is 0 Å². The van der Waals surface area contributed by atoms with Crippen molar-refractivity contribution in [3.8, 4) is 0 Å². The molecule has 7 aromatic rings. The zero-order chi connectivity index (χ0) is 33.7. The molecule has 49 heavy (non-hydrogen) atoms. The van der Waals surface area contributed by atoms with Crippen LogP contribution in [0.2, 0.25) is 0 Å². The zero-order valence-corrected chi connectivity index (χ0v) is 32.2. The second-order valence-corrected chi connectivity index (χ2v) is 15.7. The van der Waals surface area contributed by atoms with Gasteiger partial charge in [-0.1, -0.05) is 109 Å². The minimum absolute atomic E-state index is 0. The molecule has 0 atom stereocenters. The standard InChI is InChI=1S/2C18H15P.C7H6Cl.CHO.Ir/c2*1-4-10-16(11-5-1)19(17-12-6-2-7-13-17)18-14-8-3-9-15-18;8-6-7-4-2-1-3-5-7;1-2;/h2*1-15H;1-4H,6H2;1H;/q;;2*-1;/p+2. The van der Waals surface area contributed by atoms with Crippen molar-refractivity contribution in [2.24, 2.45) is 0 Å². The molecule has 0 aromatic heterocycles. The minimum atomic E-state index is -0.877. The van der Waals surface area contributed by atoms with E-state index in [0.29, 0.717) is 5.88 Å². The summed E-state index contributed by atoms with van der Waals surface area (Å²) in [6.07, 6.45) is 0. The number of halogens is 1. The van der Waals surface area contributed by atoms with Gasteiger partial charge in [-0.15, -0.1) is 17.2 Å². The maximum absolute atomic E-state index is 7.75. The topological polar surface area (TPSA) is 17.1 Å². The normalized spacial score (nSPS) is 9.78. The Morgan fingerprint density at radius 3 is 0.776 bits per heavy atom. The van der Waals surface area contributed by atoms with Crippen LogP contribution in [0.15, 0.2) is 206 Å². The van der Waals surface area contributed by atoms with E-state index in [-0.39, 0.29) is 20.1 Å². The first-order valence-corrected chi connectivity index (χ1v) is 19.2. The Labute approximate surface area is 312 Å². The van der Waals surface area contributed by atoms with Crippen molar-refractivity contribution in [3.05, 3.63) is 218 Å². The zero-order valence-electron chi connectivity index (χ0n) is 27.0. The fourth-order valence-corrected chi connectivity index (χ4v) is 10.5. The molecule has 7 rings (SSSR count). The SMILES string of the molecule is ClCc1[c-]cccc1.[CH-]=O.[Ir].c1ccc([PH+](c2ccccc2)c2ccccc2)cc1.c1ccc([PH+](c2ccccc2)c2ccccc2)cc1. The molecular formula is C44H39ClIrOP2. The monoisotopic (exact) mass is 873 g/mol. The summed E-state index contributed by atoms with van der Waals surface area (Å²) >= 11 is 5.50. The Balaban J connectivity index is 0.000000206. The summed E-state index contributed by atoms with van der Waals surface area (Å²) in [5, 5.41) is 8.61. The molecule has 0 unspecified atom stereocenters. The molecular weight excluding hydrogens is 834 g/mol. The van der Waals surface area contributed by atoms with Gasteiger partial charge < -0.3 is 4.79 Å². The van der Waals surface area contributed by atoms with Crippen molar-refractivity contribution in [1.29, 1.82) is 0 Å². The molecule has 5 heteroatoms. The average molecular weight is 873 g/mol. The van der Waals surface area contributed by atoms with E-state index in [9.17, 15) is 0 Å². The number of hydrogen-bond donors (Lipinski definition) is 0. The van der Waals surface area contributed by atoms with Gasteiger partial charge in [0.2, 0.25) is 0 Å². The first-order chi connectivity index (χ1) is 23.8. The van der Waals surface area contributed by atoms with Gasteiger partial charge in [-0.3, -0.25) is 6.79 Å². The minimum Gasteiger partial charge on any atom is -0.545 e. The fraction of sp³-hybridized carbons (Fsp3) is 0.0227. The number of alkyl halides is 1. The van der Waals surface area contributed by atoms with E-state index in [1.165, 1.54) is 31.8 Å². The molecule has 0 spiro atoms. The molecule has 0 aliphatic heterocycles. The largest absolute Gasteiger partial charge is 0.545 e. The molecule has 0 saturated heterocycles. The van der Waals surface area contributed by atoms with E-state index < -0.39 is 15.8 Å². The predicted octanol–water partition coefficient (Wildman–Crippen LogP) is 8.30. The van der Waals surface area contributed by atoms with Crippen LogP contribution >= 0.6 is 27.4 Å². The van der Waals surface area contributed by atoms with Crippen molar-refractivity contribution in [3.63, 3.8) is 0 Å². The van der Waals surface area contributed by atoms with Crippen molar-refractivity contribution >= 4 is 66.1 Å². The van der Waals surface area contributed by atoms with E-state index >= 15 is 0 Å². The number of carbonyl (C=O) groups excluding carboxylic acids is 1. The number of rotatable bonds is 7. The van der Waals surface area contributed by atoms with Gasteiger partial charge in [0.05, 0.1) is 15.8 Å². The molecule has 247 valence electrons. The molecule has 0 amide bonds. The van der Waals surface area contributed by atoms with E-state index in [2.05, 4.69) is 195 Å². The van der Waals surface area contributed by atoms with Crippen LogP contribution in [0, 0.1) is 6.07 Å². The van der Waals surface area contributed by atoms with Crippen LogP contribution < -0.4 is 31.8 Å². The molecule has 0 heterocycles. The van der Waals surface area contributed by atoms with Crippen LogP contribution in [0.1, 0.15) is 5.56 Å². The molecule has 0 saturated carbocycles. The average Bonchev–Trinajstić information content (AvgIpc) is 3.19. The van der Waals surface area contributed by atoms with Gasteiger partial charge in [0.15, 0.2) is 0 Å². The van der Waals surface area contributed by atoms with Crippen molar-refractivity contribution < 1.29 is 24.9 Å². The Kier molecular flexibility index (Phi) is 18.8. The van der Waals surface area contributed by atoms with E-state index in [4.69, 9.17) is 16.4 Å². The summed E-state index contributed by atoms with van der Waals surface area (Å²) in [7, 11) is -1.75. The van der Waals surface area contributed by atoms with Crippen LogP contribution in [-0.2, 0) is 30.8 Å². The predicted molar refractivity (Wildman–Crippen MR) is 215 cm³/mol. The quantitative estimate of drug-likeness (QED) is 0.0683. The first kappa shape index (κ1) is 39.4. The van der Waals surface area contributed by atoms with Gasteiger partial charge in [-0.05, 0) is 72.8 Å². The fourth-order valence-electron chi connectivity index (χ4n) is 5.14. The Hall–Kier alpha value is -3.99. The molecule has 0 N–H and O–H groups in total. The molecule has 0 aliphatic rings. The van der Waals surface area contributed by atoms with Gasteiger partial charge >= 0.3 is 0 Å². The van der Waals surface area contributed by atoms with Gasteiger partial charge in [-0.2, -0.15) is 30.3 Å². The molecule has 0 bridgehead atoms. The molecule has 1 radical (unpaired) electrons. The summed E-state index contributed by atoms with van der Waals surface area (Å²) in [6, 6.07) is 75.7. The Bertz CT molecular complexity index is 1510.